The van der Waals surface area contributed by atoms with Crippen molar-refractivity contribution in [3.8, 4) is 0 Å². The van der Waals surface area contributed by atoms with Crippen LogP contribution in [0.15, 0.2) is 41.8 Å². The van der Waals surface area contributed by atoms with Crippen molar-refractivity contribution >= 4 is 23.2 Å². The number of likely N-dealkylation sites (tertiary alicyclic amines) is 1. The minimum absolute atomic E-state index is 0.0145. The molecule has 2 heterocycles. The van der Waals surface area contributed by atoms with E-state index in [2.05, 4.69) is 25.2 Å². The van der Waals surface area contributed by atoms with E-state index in [0.717, 1.165) is 25.7 Å². The number of benzene rings is 1. The van der Waals surface area contributed by atoms with Gasteiger partial charge in [0.25, 0.3) is 5.91 Å². The molecule has 2 unspecified atom stereocenters. The molecule has 0 radical (unpaired) electrons. The van der Waals surface area contributed by atoms with Gasteiger partial charge in [0, 0.05) is 23.5 Å². The van der Waals surface area contributed by atoms with Crippen LogP contribution in [0.3, 0.4) is 0 Å². The van der Waals surface area contributed by atoms with Gasteiger partial charge in [-0.3, -0.25) is 9.59 Å². The van der Waals surface area contributed by atoms with Crippen molar-refractivity contribution in [3.63, 3.8) is 0 Å². The molecule has 1 aliphatic heterocycles. The number of carbonyl (C=O) groups excluding carboxylic acids is 2. The Bertz CT molecular complexity index is 803. The van der Waals surface area contributed by atoms with Gasteiger partial charge >= 0.3 is 0 Å². The van der Waals surface area contributed by atoms with Crippen molar-refractivity contribution in [3.05, 3.63) is 58.0 Å². The average Bonchev–Trinajstić information content (AvgIpc) is 3.28. The third-order valence-corrected chi connectivity index (χ3v) is 6.79. The molecule has 1 aromatic carbocycles. The number of rotatable bonds is 7. The highest BCUT2D eigenvalue weighted by molar-refractivity contribution is 7.10. The molecule has 0 spiro atoms. The smallest absolute Gasteiger partial charge is 0.253 e. The van der Waals surface area contributed by atoms with E-state index in [1.54, 1.807) is 16.2 Å². The number of nitrogens with zero attached hydrogens (tertiary/aromatic N) is 1. The Labute approximate surface area is 176 Å². The highest BCUT2D eigenvalue weighted by atomic mass is 32.1. The molecule has 2 amide bonds. The summed E-state index contributed by atoms with van der Waals surface area (Å²) in [4.78, 5) is 28.8. The molecule has 1 aliphatic rings. The van der Waals surface area contributed by atoms with Crippen molar-refractivity contribution < 1.29 is 14.0 Å². The number of piperidine rings is 1. The summed E-state index contributed by atoms with van der Waals surface area (Å²) in [5.74, 6) is -0.314. The van der Waals surface area contributed by atoms with Gasteiger partial charge in [0.15, 0.2) is 0 Å². The summed E-state index contributed by atoms with van der Waals surface area (Å²) in [6, 6.07) is 9.71. The van der Waals surface area contributed by atoms with Crippen molar-refractivity contribution in [2.75, 3.05) is 13.1 Å². The number of thiophene rings is 1. The fourth-order valence-electron chi connectivity index (χ4n) is 4.07. The molecule has 6 heteroatoms. The minimum atomic E-state index is -0.363. The molecular weight excluding hydrogens is 387 g/mol. The van der Waals surface area contributed by atoms with Gasteiger partial charge in [0.1, 0.15) is 5.82 Å². The molecule has 0 aliphatic carbocycles. The van der Waals surface area contributed by atoms with Crippen LogP contribution in [0.25, 0.3) is 0 Å². The molecule has 0 bridgehead atoms. The summed E-state index contributed by atoms with van der Waals surface area (Å²) in [7, 11) is 0. The lowest BCUT2D eigenvalue weighted by Gasteiger charge is -2.34. The van der Waals surface area contributed by atoms with Crippen LogP contribution < -0.4 is 5.32 Å². The van der Waals surface area contributed by atoms with Gasteiger partial charge in [-0.2, -0.15) is 0 Å². The van der Waals surface area contributed by atoms with Gasteiger partial charge in [-0.1, -0.05) is 32.8 Å². The van der Waals surface area contributed by atoms with E-state index in [0.29, 0.717) is 24.6 Å². The van der Waals surface area contributed by atoms with Gasteiger partial charge in [-0.15, -0.1) is 11.3 Å². The Morgan fingerprint density at radius 3 is 2.55 bits per heavy atom. The van der Waals surface area contributed by atoms with Gasteiger partial charge < -0.3 is 10.2 Å². The van der Waals surface area contributed by atoms with Crippen LogP contribution >= 0.6 is 11.3 Å². The standard InChI is InChI=1S/C23H29FN2O2S/c1-3-16(4-2)21(20-8-6-14-29-20)25-22(27)18-7-5-13-26(15-18)23(28)17-9-11-19(24)12-10-17/h6,8-12,14,16,18,21H,3-5,7,13,15H2,1-2H3,(H,25,27). The fourth-order valence-corrected chi connectivity index (χ4v) is 4.94. The predicted octanol–water partition coefficient (Wildman–Crippen LogP) is 5.03. The first kappa shape index (κ1) is 21.5. The molecule has 0 saturated carbocycles. The maximum Gasteiger partial charge on any atom is 0.253 e. The lowest BCUT2D eigenvalue weighted by atomic mass is 9.91. The number of hydrogen-bond acceptors (Lipinski definition) is 3. The summed E-state index contributed by atoms with van der Waals surface area (Å²) in [5, 5.41) is 5.32. The molecule has 1 fully saturated rings. The van der Waals surface area contributed by atoms with E-state index in [9.17, 15) is 14.0 Å². The van der Waals surface area contributed by atoms with Crippen molar-refractivity contribution in [2.45, 2.75) is 45.6 Å². The minimum Gasteiger partial charge on any atom is -0.348 e. The summed E-state index contributed by atoms with van der Waals surface area (Å²) in [6.45, 7) is 5.35. The van der Waals surface area contributed by atoms with E-state index in [-0.39, 0.29) is 29.6 Å². The van der Waals surface area contributed by atoms with E-state index in [1.807, 2.05) is 11.4 Å². The summed E-state index contributed by atoms with van der Waals surface area (Å²) in [5.41, 5.74) is 0.459. The van der Waals surface area contributed by atoms with E-state index < -0.39 is 0 Å². The van der Waals surface area contributed by atoms with E-state index in [4.69, 9.17) is 0 Å². The zero-order chi connectivity index (χ0) is 20.8. The van der Waals surface area contributed by atoms with Crippen LogP contribution in [0.1, 0.15) is 60.8 Å². The molecule has 29 heavy (non-hydrogen) atoms. The number of carbonyl (C=O) groups is 2. The zero-order valence-electron chi connectivity index (χ0n) is 17.1. The fraction of sp³-hybridized carbons (Fsp3) is 0.478. The topological polar surface area (TPSA) is 49.4 Å². The molecule has 2 aromatic rings. The van der Waals surface area contributed by atoms with Crippen LogP contribution in [0.5, 0.6) is 0 Å². The Balaban J connectivity index is 1.68. The molecule has 1 aromatic heterocycles. The quantitative estimate of drug-likeness (QED) is 0.688. The summed E-state index contributed by atoms with van der Waals surface area (Å²) >= 11 is 1.67. The van der Waals surface area contributed by atoms with Gasteiger partial charge in [0.05, 0.1) is 12.0 Å². The van der Waals surface area contributed by atoms with Crippen LogP contribution in [-0.2, 0) is 4.79 Å². The van der Waals surface area contributed by atoms with E-state index >= 15 is 0 Å². The van der Waals surface area contributed by atoms with Crippen LogP contribution in [-0.4, -0.2) is 29.8 Å². The third kappa shape index (κ3) is 5.24. The highest BCUT2D eigenvalue weighted by Crippen LogP contribution is 2.31. The van der Waals surface area contributed by atoms with Crippen molar-refractivity contribution in [1.29, 1.82) is 0 Å². The largest absolute Gasteiger partial charge is 0.348 e. The lowest BCUT2D eigenvalue weighted by molar-refractivity contribution is -0.127. The Morgan fingerprint density at radius 1 is 1.21 bits per heavy atom. The first-order chi connectivity index (χ1) is 14.0. The molecule has 156 valence electrons. The maximum absolute atomic E-state index is 13.1. The molecule has 1 N–H and O–H groups in total. The number of hydrogen-bond donors (Lipinski definition) is 1. The first-order valence-electron chi connectivity index (χ1n) is 10.4. The monoisotopic (exact) mass is 416 g/mol. The Morgan fingerprint density at radius 2 is 1.93 bits per heavy atom. The first-order valence-corrected chi connectivity index (χ1v) is 11.3. The zero-order valence-corrected chi connectivity index (χ0v) is 17.9. The molecule has 2 atom stereocenters. The van der Waals surface area contributed by atoms with Crippen LogP contribution in [0.2, 0.25) is 0 Å². The third-order valence-electron chi connectivity index (χ3n) is 5.84. The van der Waals surface area contributed by atoms with E-state index in [1.165, 1.54) is 29.1 Å². The van der Waals surface area contributed by atoms with Gasteiger partial charge in [-0.25, -0.2) is 4.39 Å². The predicted molar refractivity (Wildman–Crippen MR) is 114 cm³/mol. The molecule has 4 nitrogen and oxygen atoms in total. The molecular formula is C23H29FN2O2S. The van der Waals surface area contributed by atoms with Crippen molar-refractivity contribution in [1.82, 2.24) is 10.2 Å². The highest BCUT2D eigenvalue weighted by Gasteiger charge is 2.32. The van der Waals surface area contributed by atoms with Crippen LogP contribution in [0.4, 0.5) is 4.39 Å². The van der Waals surface area contributed by atoms with Gasteiger partial charge in [0.2, 0.25) is 5.91 Å². The second-order valence-electron chi connectivity index (χ2n) is 7.68. The second kappa shape index (κ2) is 10.0. The van der Waals surface area contributed by atoms with Crippen molar-refractivity contribution in [2.24, 2.45) is 11.8 Å². The summed E-state index contributed by atoms with van der Waals surface area (Å²) < 4.78 is 13.1. The SMILES string of the molecule is CCC(CC)C(NC(=O)C1CCCN(C(=O)c2ccc(F)cc2)C1)c1cccs1. The summed E-state index contributed by atoms with van der Waals surface area (Å²) in [6.07, 6.45) is 3.57. The van der Waals surface area contributed by atoms with Crippen LogP contribution in [0, 0.1) is 17.7 Å². The lowest BCUT2D eigenvalue weighted by Crippen LogP contribution is -2.46. The molecule has 1 saturated heterocycles. The number of nitrogens with one attached hydrogen (secondary N) is 1. The molecule has 3 rings (SSSR count). The Hall–Kier alpha value is -2.21. The Kier molecular flexibility index (Phi) is 7.42. The normalized spacial score (nSPS) is 17.9. The number of amides is 2. The number of halogens is 1. The average molecular weight is 417 g/mol. The maximum atomic E-state index is 13.1. The van der Waals surface area contributed by atoms with Gasteiger partial charge in [-0.05, 0) is 54.5 Å². The second-order valence-corrected chi connectivity index (χ2v) is 8.65.